The fraction of sp³-hybridized carbons (Fsp3) is 0.250. The quantitative estimate of drug-likeness (QED) is 0.253. The maximum atomic E-state index is 13.2. The highest BCUT2D eigenvalue weighted by atomic mass is 16.6. The molecule has 13 heteroatoms. The number of benzene rings is 2. The summed E-state index contributed by atoms with van der Waals surface area (Å²) >= 11 is 0. The monoisotopic (exact) mass is 503 g/mol. The van der Waals surface area contributed by atoms with Crippen LogP contribution in [0.15, 0.2) is 64.3 Å². The van der Waals surface area contributed by atoms with Gasteiger partial charge >= 0.3 is 0 Å². The minimum atomic E-state index is -0.533. The van der Waals surface area contributed by atoms with E-state index in [9.17, 15) is 4.79 Å². The first-order valence-electron chi connectivity index (χ1n) is 11.6. The van der Waals surface area contributed by atoms with E-state index >= 15 is 0 Å². The minimum absolute atomic E-state index is 0.0186. The maximum absolute atomic E-state index is 13.2. The Morgan fingerprint density at radius 3 is 2.62 bits per heavy atom. The predicted molar refractivity (Wildman–Crippen MR) is 132 cm³/mol. The zero-order valence-electron chi connectivity index (χ0n) is 19.9. The van der Waals surface area contributed by atoms with Crippen molar-refractivity contribution in [2.75, 3.05) is 32.0 Å². The molecule has 0 aliphatic carbocycles. The van der Waals surface area contributed by atoms with Gasteiger partial charge in [-0.1, -0.05) is 35.5 Å². The smallest absolute Gasteiger partial charge is 0.292 e. The molecule has 0 bridgehead atoms. The lowest BCUT2D eigenvalue weighted by Crippen LogP contribution is -2.36. The van der Waals surface area contributed by atoms with E-state index in [1.165, 1.54) is 10.9 Å². The first-order valence-corrected chi connectivity index (χ1v) is 11.6. The van der Waals surface area contributed by atoms with Crippen LogP contribution in [0.25, 0.3) is 5.82 Å². The summed E-state index contributed by atoms with van der Waals surface area (Å²) < 4.78 is 17.1. The number of hydrogen-bond acceptors (Lipinski definition) is 11. The number of nitrogen functional groups attached to an aromatic ring is 1. The van der Waals surface area contributed by atoms with Crippen molar-refractivity contribution in [1.29, 1.82) is 0 Å². The molecule has 1 aliphatic rings. The summed E-state index contributed by atoms with van der Waals surface area (Å²) in [7, 11) is 0. The number of nitrogens with two attached hydrogens (primary N) is 1. The van der Waals surface area contributed by atoms with E-state index < -0.39 is 5.91 Å². The molecule has 1 fully saturated rings. The fourth-order valence-electron chi connectivity index (χ4n) is 3.71. The zero-order chi connectivity index (χ0) is 25.5. The topological polar surface area (TPSA) is 159 Å². The highest BCUT2D eigenvalue weighted by Gasteiger charge is 2.26. The first-order chi connectivity index (χ1) is 18.2. The number of morpholine rings is 1. The average Bonchev–Trinajstić information content (AvgIpc) is 3.55. The fourth-order valence-corrected chi connectivity index (χ4v) is 3.71. The van der Waals surface area contributed by atoms with Crippen LogP contribution in [0.1, 0.15) is 27.3 Å². The van der Waals surface area contributed by atoms with Crippen LogP contribution in [0.3, 0.4) is 0 Å². The molecule has 13 nitrogen and oxygen atoms in total. The Balaban J connectivity index is 1.26. The van der Waals surface area contributed by atoms with E-state index in [0.717, 1.165) is 16.9 Å². The Morgan fingerprint density at radius 2 is 1.89 bits per heavy atom. The van der Waals surface area contributed by atoms with Gasteiger partial charge in [-0.15, -0.1) is 5.10 Å². The number of carbonyl (C=O) groups excluding carboxylic acids is 1. The van der Waals surface area contributed by atoms with Gasteiger partial charge in [-0.2, -0.15) is 9.78 Å². The highest BCUT2D eigenvalue weighted by Crippen LogP contribution is 2.18. The van der Waals surface area contributed by atoms with Crippen LogP contribution in [0.5, 0.6) is 5.75 Å². The van der Waals surface area contributed by atoms with Crippen LogP contribution in [-0.2, 0) is 17.9 Å². The van der Waals surface area contributed by atoms with Crippen LogP contribution >= 0.6 is 0 Å². The van der Waals surface area contributed by atoms with Crippen molar-refractivity contribution in [3.8, 4) is 11.6 Å². The van der Waals surface area contributed by atoms with Gasteiger partial charge in [-0.05, 0) is 45.7 Å². The zero-order valence-corrected chi connectivity index (χ0v) is 19.9. The number of hydrazone groups is 1. The molecule has 190 valence electrons. The normalized spacial score (nSPS) is 14.2. The molecular weight excluding hydrogens is 478 g/mol. The molecule has 3 heterocycles. The van der Waals surface area contributed by atoms with E-state index in [4.69, 9.17) is 15.2 Å². The molecule has 0 radical (unpaired) electrons. The Morgan fingerprint density at radius 1 is 1.11 bits per heavy atom. The van der Waals surface area contributed by atoms with Crippen LogP contribution in [0.2, 0.25) is 0 Å². The molecule has 2 aromatic carbocycles. The third-order valence-corrected chi connectivity index (χ3v) is 5.64. The molecule has 0 spiro atoms. The average molecular weight is 504 g/mol. The molecule has 2 aromatic heterocycles. The summed E-state index contributed by atoms with van der Waals surface area (Å²) in [5, 5.41) is 19.6. The number of nitrogens with one attached hydrogen (secondary N) is 1. The predicted octanol–water partition coefficient (Wildman–Crippen LogP) is 1.41. The van der Waals surface area contributed by atoms with Crippen molar-refractivity contribution >= 4 is 17.9 Å². The number of anilines is 1. The number of carbonyl (C=O) groups is 1. The van der Waals surface area contributed by atoms with Crippen molar-refractivity contribution in [2.24, 2.45) is 5.10 Å². The molecule has 1 amide bonds. The third-order valence-electron chi connectivity index (χ3n) is 5.64. The third kappa shape index (κ3) is 5.97. The molecule has 0 atom stereocenters. The molecule has 1 aliphatic heterocycles. The summed E-state index contributed by atoms with van der Waals surface area (Å²) in [4.78, 5) is 15.3. The van der Waals surface area contributed by atoms with Gasteiger partial charge in [-0.25, -0.2) is 10.1 Å². The number of aromatic nitrogens is 5. The Hall–Kier alpha value is -4.62. The van der Waals surface area contributed by atoms with Gasteiger partial charge in [0.05, 0.1) is 19.4 Å². The van der Waals surface area contributed by atoms with E-state index in [-0.39, 0.29) is 17.3 Å². The minimum Gasteiger partial charge on any atom is -0.489 e. The number of hydrogen-bond donors (Lipinski definition) is 2. The molecule has 5 rings (SSSR count). The molecule has 0 saturated carbocycles. The number of nitrogens with zero attached hydrogens (tertiary/aromatic N) is 7. The van der Waals surface area contributed by atoms with Crippen molar-refractivity contribution < 1.29 is 18.9 Å². The van der Waals surface area contributed by atoms with E-state index in [1.54, 1.807) is 0 Å². The Bertz CT molecular complexity index is 1350. The lowest BCUT2D eigenvalue weighted by atomic mass is 10.2. The Labute approximate surface area is 211 Å². The maximum Gasteiger partial charge on any atom is 0.292 e. The van der Waals surface area contributed by atoms with Gasteiger partial charge in [-0.3, -0.25) is 9.69 Å². The highest BCUT2D eigenvalue weighted by molar-refractivity contribution is 5.95. The van der Waals surface area contributed by atoms with Gasteiger partial charge in [0.15, 0.2) is 5.69 Å². The SMILES string of the molecule is Nc1nonc1-n1nnc(CN2CCOCC2)c1C(=O)N/N=C/c1ccc(OCc2ccccc2)cc1. The molecule has 3 N–H and O–H groups in total. The lowest BCUT2D eigenvalue weighted by molar-refractivity contribution is 0.0335. The van der Waals surface area contributed by atoms with Crippen molar-refractivity contribution in [2.45, 2.75) is 13.2 Å². The summed E-state index contributed by atoms with van der Waals surface area (Å²) in [5.41, 5.74) is 10.8. The van der Waals surface area contributed by atoms with E-state index in [1.807, 2.05) is 54.6 Å². The Kier molecular flexibility index (Phi) is 7.43. The van der Waals surface area contributed by atoms with Gasteiger partial charge in [0, 0.05) is 19.6 Å². The summed E-state index contributed by atoms with van der Waals surface area (Å²) in [6.07, 6.45) is 1.53. The molecule has 4 aromatic rings. The van der Waals surface area contributed by atoms with Crippen LogP contribution in [0, 0.1) is 0 Å². The van der Waals surface area contributed by atoms with Crippen LogP contribution in [0.4, 0.5) is 5.82 Å². The molecular formula is C24H25N9O4. The largest absolute Gasteiger partial charge is 0.489 e. The van der Waals surface area contributed by atoms with E-state index in [0.29, 0.717) is 45.1 Å². The second-order valence-corrected chi connectivity index (χ2v) is 8.20. The van der Waals surface area contributed by atoms with Gasteiger partial charge < -0.3 is 15.2 Å². The van der Waals surface area contributed by atoms with Crippen LogP contribution in [-0.4, -0.2) is 68.6 Å². The molecule has 0 unspecified atom stereocenters. The first kappa shape index (κ1) is 24.1. The van der Waals surface area contributed by atoms with E-state index in [2.05, 4.69) is 40.7 Å². The summed E-state index contributed by atoms with van der Waals surface area (Å²) in [5.74, 6) is 0.247. The second kappa shape index (κ2) is 11.4. The standard InChI is InChI=1S/C24H25N9O4/c25-22-23(30-37-29-22)33-21(20(27-31-33)15-32-10-12-35-13-11-32)24(34)28-26-14-17-6-8-19(9-7-17)36-16-18-4-2-1-3-5-18/h1-9,14H,10-13,15-16H2,(H2,25,29)(H,28,34)/b26-14+. The second-order valence-electron chi connectivity index (χ2n) is 8.20. The van der Waals surface area contributed by atoms with Crippen molar-refractivity contribution in [1.82, 2.24) is 35.6 Å². The van der Waals surface area contributed by atoms with Crippen LogP contribution < -0.4 is 15.9 Å². The molecule has 1 saturated heterocycles. The van der Waals surface area contributed by atoms with Gasteiger partial charge in [0.1, 0.15) is 18.1 Å². The number of amides is 1. The number of ether oxygens (including phenoxy) is 2. The summed E-state index contributed by atoms with van der Waals surface area (Å²) in [6, 6.07) is 17.3. The molecule has 37 heavy (non-hydrogen) atoms. The van der Waals surface area contributed by atoms with Gasteiger partial charge in [0.25, 0.3) is 5.91 Å². The van der Waals surface area contributed by atoms with Gasteiger partial charge in [0.2, 0.25) is 11.6 Å². The summed E-state index contributed by atoms with van der Waals surface area (Å²) in [6.45, 7) is 3.51. The van der Waals surface area contributed by atoms with Crippen molar-refractivity contribution in [3.63, 3.8) is 0 Å². The number of rotatable bonds is 9. The van der Waals surface area contributed by atoms with Crippen molar-refractivity contribution in [3.05, 3.63) is 77.1 Å². The lowest BCUT2D eigenvalue weighted by Gasteiger charge is -2.25.